The molecule has 0 aromatic carbocycles. The van der Waals surface area contributed by atoms with Crippen LogP contribution in [0.2, 0.25) is 0 Å². The molecule has 2 saturated heterocycles. The summed E-state index contributed by atoms with van der Waals surface area (Å²) in [4.78, 5) is 35.3. The van der Waals surface area contributed by atoms with Gasteiger partial charge in [0.2, 0.25) is 5.56 Å². The molecule has 31 heavy (non-hydrogen) atoms. The molecule has 0 radical (unpaired) electrons. The van der Waals surface area contributed by atoms with Crippen LogP contribution in [0.25, 0.3) is 0 Å². The summed E-state index contributed by atoms with van der Waals surface area (Å²) < 4.78 is 16.6. The van der Waals surface area contributed by atoms with E-state index in [1.165, 1.54) is 23.8 Å². The number of primary amides is 1. The number of rotatable bonds is 4. The molecule has 0 saturated carbocycles. The number of fused-ring (bicyclic) bond motifs is 1. The SMILES string of the molecule is COc1cnc(N2CCOCC2)c2c1N(C(N)=O)C(OC(=O)N1CCC(CO)CC1)S2. The second-order valence-electron chi connectivity index (χ2n) is 7.56. The van der Waals surface area contributed by atoms with Crippen LogP contribution in [0, 0.1) is 5.92 Å². The van der Waals surface area contributed by atoms with Crippen molar-refractivity contribution in [3.63, 3.8) is 0 Å². The summed E-state index contributed by atoms with van der Waals surface area (Å²) in [5, 5.41) is 9.30. The minimum atomic E-state index is -0.964. The molecule has 3 amide bonds. The van der Waals surface area contributed by atoms with E-state index in [-0.39, 0.29) is 12.5 Å². The Morgan fingerprint density at radius 2 is 2.00 bits per heavy atom. The number of ether oxygens (including phenoxy) is 3. The van der Waals surface area contributed by atoms with Crippen molar-refractivity contribution in [3.8, 4) is 5.75 Å². The fourth-order valence-corrected chi connectivity index (χ4v) is 5.20. The Morgan fingerprint density at radius 3 is 2.61 bits per heavy atom. The number of carbonyl (C=O) groups is 2. The van der Waals surface area contributed by atoms with E-state index in [1.807, 2.05) is 0 Å². The van der Waals surface area contributed by atoms with Gasteiger partial charge in [0.05, 0.1) is 31.4 Å². The van der Waals surface area contributed by atoms with E-state index in [0.717, 1.165) is 0 Å². The van der Waals surface area contributed by atoms with Gasteiger partial charge in [-0.3, -0.25) is 0 Å². The molecular formula is C19H27N5O6S. The number of morpholine rings is 1. The van der Waals surface area contributed by atoms with E-state index in [2.05, 4.69) is 9.88 Å². The number of aliphatic hydroxyl groups is 1. The van der Waals surface area contributed by atoms with Gasteiger partial charge in [0, 0.05) is 32.8 Å². The first kappa shape index (κ1) is 21.8. The van der Waals surface area contributed by atoms with Gasteiger partial charge in [0.1, 0.15) is 11.5 Å². The van der Waals surface area contributed by atoms with Gasteiger partial charge in [0.25, 0.3) is 0 Å². The van der Waals surface area contributed by atoms with Crippen LogP contribution < -0.4 is 20.3 Å². The van der Waals surface area contributed by atoms with Crippen LogP contribution in [0.3, 0.4) is 0 Å². The molecule has 2 fully saturated rings. The van der Waals surface area contributed by atoms with Crippen LogP contribution in [-0.2, 0) is 9.47 Å². The second kappa shape index (κ2) is 9.37. The molecule has 4 heterocycles. The van der Waals surface area contributed by atoms with Crippen molar-refractivity contribution in [3.05, 3.63) is 6.20 Å². The third-order valence-electron chi connectivity index (χ3n) is 5.73. The average Bonchev–Trinajstić information content (AvgIpc) is 3.18. The number of thioether (sulfide) groups is 1. The first-order valence-corrected chi connectivity index (χ1v) is 11.1. The third-order valence-corrected chi connectivity index (χ3v) is 6.85. The van der Waals surface area contributed by atoms with Gasteiger partial charge < -0.3 is 34.9 Å². The quantitative estimate of drug-likeness (QED) is 0.686. The molecule has 3 aliphatic rings. The normalized spacial score (nSPS) is 21.7. The maximum atomic E-state index is 12.8. The lowest BCUT2D eigenvalue weighted by Gasteiger charge is -2.32. The zero-order chi connectivity index (χ0) is 22.0. The second-order valence-corrected chi connectivity index (χ2v) is 8.60. The number of carbonyl (C=O) groups excluding carboxylic acids is 2. The van der Waals surface area contributed by atoms with Crippen LogP contribution in [0.15, 0.2) is 11.1 Å². The van der Waals surface area contributed by atoms with E-state index < -0.39 is 17.7 Å². The van der Waals surface area contributed by atoms with Gasteiger partial charge in [-0.2, -0.15) is 0 Å². The van der Waals surface area contributed by atoms with Gasteiger partial charge >= 0.3 is 12.1 Å². The summed E-state index contributed by atoms with van der Waals surface area (Å²) >= 11 is 1.21. The Labute approximate surface area is 184 Å². The number of pyridine rings is 1. The summed E-state index contributed by atoms with van der Waals surface area (Å²) in [5.41, 5.74) is 5.16. The molecule has 170 valence electrons. The highest BCUT2D eigenvalue weighted by molar-refractivity contribution is 8.00. The number of nitrogens with zero attached hydrogens (tertiary/aromatic N) is 4. The topological polar surface area (TPSA) is 131 Å². The fraction of sp³-hybridized carbons (Fsp3) is 0.632. The van der Waals surface area contributed by atoms with Crippen LogP contribution >= 0.6 is 11.8 Å². The zero-order valence-corrected chi connectivity index (χ0v) is 18.2. The largest absolute Gasteiger partial charge is 0.493 e. The van der Waals surface area contributed by atoms with Crippen molar-refractivity contribution in [1.82, 2.24) is 9.88 Å². The Kier molecular flexibility index (Phi) is 6.58. The molecule has 1 unspecified atom stereocenters. The summed E-state index contributed by atoms with van der Waals surface area (Å²) in [5.74, 6) is 1.25. The first-order chi connectivity index (χ1) is 15.0. The molecule has 3 aliphatic heterocycles. The zero-order valence-electron chi connectivity index (χ0n) is 17.4. The lowest BCUT2D eigenvalue weighted by Crippen LogP contribution is -2.46. The van der Waals surface area contributed by atoms with Gasteiger partial charge in [-0.15, -0.1) is 0 Å². The number of urea groups is 1. The lowest BCUT2D eigenvalue weighted by atomic mass is 9.98. The average molecular weight is 454 g/mol. The maximum absolute atomic E-state index is 12.8. The predicted octanol–water partition coefficient (Wildman–Crippen LogP) is 1.04. The standard InChI is InChI=1S/C19H27N5O6S/c1-28-13-10-21-16(22-6-8-29-9-7-22)15-14(13)24(17(20)26)19(31-15)30-18(27)23-4-2-12(11-25)3-5-23/h10,12,19,25H,2-9,11H2,1H3,(H2,20,26). The summed E-state index contributed by atoms with van der Waals surface area (Å²) in [7, 11) is 1.49. The number of nitrogens with two attached hydrogens (primary N) is 1. The molecule has 1 atom stereocenters. The third kappa shape index (κ3) is 4.32. The number of aliphatic hydroxyl groups excluding tert-OH is 1. The highest BCUT2D eigenvalue weighted by Gasteiger charge is 2.43. The number of amides is 3. The minimum absolute atomic E-state index is 0.114. The molecule has 4 rings (SSSR count). The smallest absolute Gasteiger partial charge is 0.412 e. The number of hydrogen-bond acceptors (Lipinski definition) is 9. The van der Waals surface area contributed by atoms with E-state index in [0.29, 0.717) is 74.4 Å². The lowest BCUT2D eigenvalue weighted by molar-refractivity contribution is 0.0729. The maximum Gasteiger partial charge on any atom is 0.412 e. The molecule has 1 aromatic heterocycles. The van der Waals surface area contributed by atoms with E-state index in [9.17, 15) is 14.7 Å². The van der Waals surface area contributed by atoms with Gasteiger partial charge in [-0.25, -0.2) is 19.5 Å². The fourth-order valence-electron chi connectivity index (χ4n) is 3.95. The Bertz CT molecular complexity index is 828. The molecule has 1 aromatic rings. The highest BCUT2D eigenvalue weighted by atomic mass is 32.2. The van der Waals surface area contributed by atoms with E-state index in [4.69, 9.17) is 19.9 Å². The van der Waals surface area contributed by atoms with Gasteiger partial charge in [-0.1, -0.05) is 11.8 Å². The number of anilines is 2. The minimum Gasteiger partial charge on any atom is -0.493 e. The molecule has 0 bridgehead atoms. The van der Waals surface area contributed by atoms with Gasteiger partial charge in [0.15, 0.2) is 5.75 Å². The number of methoxy groups -OCH3 is 1. The predicted molar refractivity (Wildman–Crippen MR) is 113 cm³/mol. The number of hydrogen-bond donors (Lipinski definition) is 2. The number of piperidine rings is 1. The van der Waals surface area contributed by atoms with E-state index in [1.54, 1.807) is 11.1 Å². The van der Waals surface area contributed by atoms with Crippen molar-refractivity contribution in [2.24, 2.45) is 11.7 Å². The first-order valence-electron chi connectivity index (χ1n) is 10.2. The van der Waals surface area contributed by atoms with Crippen molar-refractivity contribution >= 4 is 35.4 Å². The van der Waals surface area contributed by atoms with Gasteiger partial charge in [-0.05, 0) is 18.8 Å². The van der Waals surface area contributed by atoms with Crippen molar-refractivity contribution < 1.29 is 28.9 Å². The Balaban J connectivity index is 1.58. The van der Waals surface area contributed by atoms with E-state index >= 15 is 0 Å². The molecule has 11 nitrogen and oxygen atoms in total. The Hall–Kier alpha value is -2.44. The summed E-state index contributed by atoms with van der Waals surface area (Å²) in [6.45, 7) is 3.58. The number of aromatic nitrogens is 1. The summed E-state index contributed by atoms with van der Waals surface area (Å²) in [6.07, 6.45) is 2.45. The number of likely N-dealkylation sites (tertiary alicyclic amines) is 1. The molecule has 12 heteroatoms. The van der Waals surface area contributed by atoms with Crippen molar-refractivity contribution in [2.75, 3.05) is 62.9 Å². The molecular weight excluding hydrogens is 426 g/mol. The summed E-state index contributed by atoms with van der Waals surface area (Å²) in [6, 6.07) is -0.750. The monoisotopic (exact) mass is 453 g/mol. The van der Waals surface area contributed by atoms with Crippen molar-refractivity contribution in [1.29, 1.82) is 0 Å². The molecule has 0 aliphatic carbocycles. The molecule has 0 spiro atoms. The van der Waals surface area contributed by atoms with Crippen LogP contribution in [0.5, 0.6) is 5.75 Å². The van der Waals surface area contributed by atoms with Crippen molar-refractivity contribution in [2.45, 2.75) is 23.3 Å². The Morgan fingerprint density at radius 1 is 1.29 bits per heavy atom. The van der Waals surface area contributed by atoms with Crippen LogP contribution in [-0.4, -0.2) is 85.8 Å². The highest BCUT2D eigenvalue weighted by Crippen LogP contribution is 2.52. The van der Waals surface area contributed by atoms with Crippen LogP contribution in [0.1, 0.15) is 12.8 Å². The molecule has 3 N–H and O–H groups in total. The van der Waals surface area contributed by atoms with Crippen LogP contribution in [0.4, 0.5) is 21.1 Å².